The Bertz CT molecular complexity index is 1430. The van der Waals surface area contributed by atoms with Crippen LogP contribution in [0.2, 0.25) is 0 Å². The molecule has 0 aliphatic rings. The van der Waals surface area contributed by atoms with Crippen molar-refractivity contribution in [3.8, 4) is 17.2 Å². The Morgan fingerprint density at radius 1 is 0.889 bits per heavy atom. The number of nitrogens with one attached hydrogen (secondary N) is 1. The van der Waals surface area contributed by atoms with Gasteiger partial charge in [0.05, 0.1) is 21.6 Å². The van der Waals surface area contributed by atoms with Gasteiger partial charge in [0, 0.05) is 24.3 Å². The monoisotopic (exact) mass is 489 g/mol. The lowest BCUT2D eigenvalue weighted by molar-refractivity contribution is -0.385. The number of hydrogen-bond acceptors (Lipinski definition) is 8. The standard InChI is InChI=1S/C25H19N3O8/c1-16-4-2-3-5-23(16)36-22-13-17(12-19(14-22)28(32)33)26-25(29)24-11-10-21(35-24)15-34-20-8-6-18(7-9-20)27(30)31/h2-14H,15H2,1H3,(H,26,29). The third kappa shape index (κ3) is 5.83. The molecule has 0 aliphatic carbocycles. The summed E-state index contributed by atoms with van der Waals surface area (Å²) in [6.07, 6.45) is 0. The van der Waals surface area contributed by atoms with E-state index in [1.165, 1.54) is 48.5 Å². The van der Waals surface area contributed by atoms with Crippen LogP contribution in [-0.4, -0.2) is 15.8 Å². The number of rotatable bonds is 9. The number of aryl methyl sites for hydroxylation is 1. The van der Waals surface area contributed by atoms with E-state index in [-0.39, 0.29) is 35.2 Å². The first-order valence-electron chi connectivity index (χ1n) is 10.6. The molecule has 0 saturated heterocycles. The summed E-state index contributed by atoms with van der Waals surface area (Å²) in [6, 6.07) is 19.7. The van der Waals surface area contributed by atoms with Crippen LogP contribution in [0.3, 0.4) is 0 Å². The summed E-state index contributed by atoms with van der Waals surface area (Å²) in [5, 5.41) is 24.7. The van der Waals surface area contributed by atoms with Crippen LogP contribution in [0.1, 0.15) is 21.9 Å². The Kier molecular flexibility index (Phi) is 6.91. The molecular formula is C25H19N3O8. The zero-order valence-corrected chi connectivity index (χ0v) is 18.9. The Labute approximate surface area is 204 Å². The number of para-hydroxylation sites is 1. The number of amides is 1. The van der Waals surface area contributed by atoms with Crippen molar-refractivity contribution in [2.24, 2.45) is 0 Å². The van der Waals surface area contributed by atoms with Crippen LogP contribution < -0.4 is 14.8 Å². The van der Waals surface area contributed by atoms with Crippen molar-refractivity contribution in [3.63, 3.8) is 0 Å². The highest BCUT2D eigenvalue weighted by molar-refractivity contribution is 6.02. The minimum Gasteiger partial charge on any atom is -0.486 e. The van der Waals surface area contributed by atoms with Crippen LogP contribution in [0.15, 0.2) is 83.3 Å². The molecule has 4 rings (SSSR count). The zero-order chi connectivity index (χ0) is 25.7. The van der Waals surface area contributed by atoms with E-state index in [0.29, 0.717) is 17.3 Å². The normalized spacial score (nSPS) is 10.5. The fourth-order valence-corrected chi connectivity index (χ4v) is 3.21. The SMILES string of the molecule is Cc1ccccc1Oc1cc(NC(=O)c2ccc(COc3ccc([N+](=O)[O-])cc3)o2)cc([N+](=O)[O-])c1. The van der Waals surface area contributed by atoms with E-state index in [1.54, 1.807) is 18.2 Å². The molecule has 11 heteroatoms. The number of benzene rings is 3. The Balaban J connectivity index is 1.44. The summed E-state index contributed by atoms with van der Waals surface area (Å²) >= 11 is 0. The number of nitro benzene ring substituents is 2. The van der Waals surface area contributed by atoms with Gasteiger partial charge in [-0.2, -0.15) is 0 Å². The van der Waals surface area contributed by atoms with Crippen molar-refractivity contribution in [2.45, 2.75) is 13.5 Å². The molecule has 0 unspecified atom stereocenters. The van der Waals surface area contributed by atoms with Crippen LogP contribution in [0.25, 0.3) is 0 Å². The molecule has 182 valence electrons. The van der Waals surface area contributed by atoms with Crippen LogP contribution in [0, 0.1) is 27.2 Å². The summed E-state index contributed by atoms with van der Waals surface area (Å²) in [5.41, 5.74) is 0.674. The van der Waals surface area contributed by atoms with Gasteiger partial charge in [-0.3, -0.25) is 25.0 Å². The maximum Gasteiger partial charge on any atom is 0.291 e. The molecule has 0 bridgehead atoms. The third-order valence-electron chi connectivity index (χ3n) is 5.00. The number of nitrogens with zero attached hydrogens (tertiary/aromatic N) is 2. The predicted octanol–water partition coefficient (Wildman–Crippen LogP) is 6.03. The van der Waals surface area contributed by atoms with E-state index in [9.17, 15) is 25.0 Å². The predicted molar refractivity (Wildman–Crippen MR) is 128 cm³/mol. The summed E-state index contributed by atoms with van der Waals surface area (Å²) in [4.78, 5) is 33.7. The van der Waals surface area contributed by atoms with Gasteiger partial charge in [-0.05, 0) is 42.8 Å². The largest absolute Gasteiger partial charge is 0.486 e. The number of ether oxygens (including phenoxy) is 2. The summed E-state index contributed by atoms with van der Waals surface area (Å²) in [6.45, 7) is 1.82. The highest BCUT2D eigenvalue weighted by Gasteiger charge is 2.17. The zero-order valence-electron chi connectivity index (χ0n) is 18.9. The van der Waals surface area contributed by atoms with E-state index in [2.05, 4.69) is 5.32 Å². The summed E-state index contributed by atoms with van der Waals surface area (Å²) in [5.74, 6) is 0.774. The van der Waals surface area contributed by atoms with Crippen LogP contribution in [-0.2, 0) is 6.61 Å². The molecule has 0 radical (unpaired) electrons. The Morgan fingerprint density at radius 2 is 1.61 bits per heavy atom. The van der Waals surface area contributed by atoms with Crippen molar-refractivity contribution in [2.75, 3.05) is 5.32 Å². The van der Waals surface area contributed by atoms with Gasteiger partial charge in [0.25, 0.3) is 17.3 Å². The molecule has 11 nitrogen and oxygen atoms in total. The summed E-state index contributed by atoms with van der Waals surface area (Å²) < 4.78 is 16.8. The Morgan fingerprint density at radius 3 is 2.31 bits per heavy atom. The third-order valence-corrected chi connectivity index (χ3v) is 5.00. The maximum absolute atomic E-state index is 12.7. The van der Waals surface area contributed by atoms with Gasteiger partial charge in [0.1, 0.15) is 29.6 Å². The second kappa shape index (κ2) is 10.4. The maximum atomic E-state index is 12.7. The van der Waals surface area contributed by atoms with Gasteiger partial charge in [0.15, 0.2) is 5.76 Å². The molecule has 4 aromatic rings. The number of furan rings is 1. The number of anilines is 1. The number of carbonyl (C=O) groups is 1. The van der Waals surface area contributed by atoms with Crippen molar-refractivity contribution < 1.29 is 28.5 Å². The van der Waals surface area contributed by atoms with Gasteiger partial charge in [-0.25, -0.2) is 0 Å². The fraction of sp³-hybridized carbons (Fsp3) is 0.0800. The van der Waals surface area contributed by atoms with Crippen LogP contribution >= 0.6 is 0 Å². The molecule has 0 aliphatic heterocycles. The molecule has 0 spiro atoms. The molecule has 0 saturated carbocycles. The highest BCUT2D eigenvalue weighted by Crippen LogP contribution is 2.31. The first kappa shape index (κ1) is 24.0. The van der Waals surface area contributed by atoms with Crippen LogP contribution in [0.5, 0.6) is 17.2 Å². The first-order chi connectivity index (χ1) is 17.3. The fourth-order valence-electron chi connectivity index (χ4n) is 3.21. The van der Waals surface area contributed by atoms with E-state index < -0.39 is 15.8 Å². The minimum atomic E-state index is -0.626. The first-order valence-corrected chi connectivity index (χ1v) is 10.6. The number of carbonyl (C=O) groups excluding carboxylic acids is 1. The molecule has 1 heterocycles. The van der Waals surface area contributed by atoms with Crippen molar-refractivity contribution >= 4 is 23.0 Å². The molecule has 0 atom stereocenters. The lowest BCUT2D eigenvalue weighted by Gasteiger charge is -2.10. The number of nitro groups is 2. The Hall–Kier alpha value is -5.19. The average molecular weight is 489 g/mol. The van der Waals surface area contributed by atoms with Crippen LogP contribution in [0.4, 0.5) is 17.1 Å². The van der Waals surface area contributed by atoms with Crippen molar-refractivity contribution in [1.82, 2.24) is 0 Å². The topological polar surface area (TPSA) is 147 Å². The van der Waals surface area contributed by atoms with Gasteiger partial charge in [-0.15, -0.1) is 0 Å². The molecule has 3 aromatic carbocycles. The second-order valence-corrected chi connectivity index (χ2v) is 7.60. The molecule has 1 aromatic heterocycles. The van der Waals surface area contributed by atoms with Crippen molar-refractivity contribution in [1.29, 1.82) is 0 Å². The smallest absolute Gasteiger partial charge is 0.291 e. The minimum absolute atomic E-state index is 0.0175. The van der Waals surface area contributed by atoms with E-state index in [4.69, 9.17) is 13.9 Å². The van der Waals surface area contributed by atoms with Gasteiger partial charge in [0.2, 0.25) is 0 Å². The van der Waals surface area contributed by atoms with E-state index in [0.717, 1.165) is 5.56 Å². The molecule has 0 fully saturated rings. The quantitative estimate of drug-likeness (QED) is 0.221. The average Bonchev–Trinajstić information content (AvgIpc) is 3.34. The van der Waals surface area contributed by atoms with Crippen molar-refractivity contribution in [3.05, 3.63) is 116 Å². The lowest BCUT2D eigenvalue weighted by atomic mass is 10.2. The lowest BCUT2D eigenvalue weighted by Crippen LogP contribution is -2.11. The molecule has 1 amide bonds. The molecular weight excluding hydrogens is 470 g/mol. The second-order valence-electron chi connectivity index (χ2n) is 7.60. The van der Waals surface area contributed by atoms with E-state index in [1.807, 2.05) is 19.1 Å². The van der Waals surface area contributed by atoms with Gasteiger partial charge in [-0.1, -0.05) is 18.2 Å². The molecule has 1 N–H and O–H groups in total. The van der Waals surface area contributed by atoms with Gasteiger partial charge < -0.3 is 19.2 Å². The van der Waals surface area contributed by atoms with E-state index >= 15 is 0 Å². The number of hydrogen-bond donors (Lipinski definition) is 1. The summed E-state index contributed by atoms with van der Waals surface area (Å²) in [7, 11) is 0. The highest BCUT2D eigenvalue weighted by atomic mass is 16.6. The molecule has 36 heavy (non-hydrogen) atoms. The number of non-ortho nitro benzene ring substituents is 2. The van der Waals surface area contributed by atoms with Gasteiger partial charge >= 0.3 is 0 Å².